The van der Waals surface area contributed by atoms with Gasteiger partial charge in [-0.1, -0.05) is 36.4 Å². The van der Waals surface area contributed by atoms with E-state index >= 15 is 0 Å². The number of carbonyl (C=O) groups excluding carboxylic acids is 3. The number of hydrogen-bond donors (Lipinski definition) is 1. The molecule has 5 aliphatic rings. The minimum Gasteiger partial charge on any atom is -0.322 e. The summed E-state index contributed by atoms with van der Waals surface area (Å²) < 4.78 is 0. The van der Waals surface area contributed by atoms with Crippen LogP contribution in [-0.2, 0) is 9.59 Å². The van der Waals surface area contributed by atoms with Crippen LogP contribution in [-0.4, -0.2) is 17.7 Å². The summed E-state index contributed by atoms with van der Waals surface area (Å²) >= 11 is 0. The standard InChI is InChI=1S/C25H22N2O3/c1-13-5-2-3-8-20(13)26-23(28)14-6-4-7-15(11-14)27-24(29)21-16-9-10-17(19-12-18(16)19)22(21)25(27)30/h2-11,16-19,21-22H,12H2,1H3,(H,26,28)/t16-,17+,18-,19-,21+,22-/m1/s1. The summed E-state index contributed by atoms with van der Waals surface area (Å²) in [4.78, 5) is 40.7. The quantitative estimate of drug-likeness (QED) is 0.632. The van der Waals surface area contributed by atoms with Crippen molar-refractivity contribution < 1.29 is 14.4 Å². The van der Waals surface area contributed by atoms with E-state index in [0.29, 0.717) is 23.1 Å². The van der Waals surface area contributed by atoms with E-state index in [1.807, 2.05) is 31.2 Å². The SMILES string of the molecule is Cc1ccccc1NC(=O)c1cccc(N2C(=O)[C@@H]3[C@H]4C=C[C@H]([C@H]5C[C@H]45)[C@@H]3C2=O)c1. The van der Waals surface area contributed by atoms with E-state index < -0.39 is 0 Å². The molecular formula is C25H22N2O3. The average Bonchev–Trinajstić information content (AvgIpc) is 3.53. The van der Waals surface area contributed by atoms with Crippen LogP contribution in [0.5, 0.6) is 0 Å². The molecule has 0 aromatic heterocycles. The van der Waals surface area contributed by atoms with Gasteiger partial charge >= 0.3 is 0 Å². The van der Waals surface area contributed by atoms with Gasteiger partial charge in [0.25, 0.3) is 5.91 Å². The van der Waals surface area contributed by atoms with Crippen LogP contribution in [0.25, 0.3) is 0 Å². The van der Waals surface area contributed by atoms with Crippen molar-refractivity contribution in [3.63, 3.8) is 0 Å². The second kappa shape index (κ2) is 6.14. The first kappa shape index (κ1) is 17.6. The van der Waals surface area contributed by atoms with Gasteiger partial charge in [-0.05, 0) is 66.8 Å². The molecule has 150 valence electrons. The van der Waals surface area contributed by atoms with Crippen LogP contribution in [0.15, 0.2) is 60.7 Å². The molecule has 3 fully saturated rings. The van der Waals surface area contributed by atoms with Crippen molar-refractivity contribution in [2.24, 2.45) is 35.5 Å². The van der Waals surface area contributed by atoms with Gasteiger partial charge in [-0.2, -0.15) is 0 Å². The monoisotopic (exact) mass is 398 g/mol. The molecule has 0 unspecified atom stereocenters. The van der Waals surface area contributed by atoms with Crippen molar-refractivity contribution in [1.29, 1.82) is 0 Å². The number of hydrogen-bond acceptors (Lipinski definition) is 3. The number of rotatable bonds is 3. The van der Waals surface area contributed by atoms with Crippen LogP contribution in [0.3, 0.4) is 0 Å². The summed E-state index contributed by atoms with van der Waals surface area (Å²) in [5, 5.41) is 2.92. The summed E-state index contributed by atoms with van der Waals surface area (Å²) in [6.45, 7) is 1.93. The van der Waals surface area contributed by atoms with Crippen LogP contribution in [0.4, 0.5) is 11.4 Å². The molecule has 6 atom stereocenters. The van der Waals surface area contributed by atoms with Crippen molar-refractivity contribution in [1.82, 2.24) is 0 Å². The smallest absolute Gasteiger partial charge is 0.255 e. The van der Waals surface area contributed by atoms with E-state index in [1.165, 1.54) is 4.90 Å². The molecule has 4 aliphatic carbocycles. The van der Waals surface area contributed by atoms with Crippen LogP contribution in [0.2, 0.25) is 0 Å². The zero-order valence-electron chi connectivity index (χ0n) is 16.6. The van der Waals surface area contributed by atoms with Crippen molar-refractivity contribution in [2.75, 3.05) is 10.2 Å². The third-order valence-corrected chi connectivity index (χ3v) is 7.42. The molecule has 1 aliphatic heterocycles. The molecule has 5 heteroatoms. The lowest BCUT2D eigenvalue weighted by Gasteiger charge is -2.37. The highest BCUT2D eigenvalue weighted by molar-refractivity contribution is 6.23. The highest BCUT2D eigenvalue weighted by atomic mass is 16.2. The maximum atomic E-state index is 13.3. The lowest BCUT2D eigenvalue weighted by Crippen LogP contribution is -2.40. The minimum absolute atomic E-state index is 0.105. The number of anilines is 2. The number of nitrogens with zero attached hydrogens (tertiary/aromatic N) is 1. The number of aryl methyl sites for hydroxylation is 1. The zero-order valence-corrected chi connectivity index (χ0v) is 16.6. The predicted octanol–water partition coefficient (Wildman–Crippen LogP) is 3.80. The average molecular weight is 398 g/mol. The topological polar surface area (TPSA) is 66.5 Å². The van der Waals surface area contributed by atoms with Gasteiger partial charge in [-0.15, -0.1) is 0 Å². The van der Waals surface area contributed by atoms with Crippen LogP contribution < -0.4 is 10.2 Å². The molecule has 2 aromatic rings. The molecule has 2 aromatic carbocycles. The molecule has 1 N–H and O–H groups in total. The number of para-hydroxylation sites is 1. The van der Waals surface area contributed by atoms with Gasteiger partial charge in [0.05, 0.1) is 17.5 Å². The van der Waals surface area contributed by atoms with E-state index in [9.17, 15) is 14.4 Å². The Balaban J connectivity index is 1.30. The lowest BCUT2D eigenvalue weighted by molar-refractivity contribution is -0.124. The predicted molar refractivity (Wildman–Crippen MR) is 113 cm³/mol. The van der Waals surface area contributed by atoms with Gasteiger partial charge in [-0.3, -0.25) is 14.4 Å². The Hall–Kier alpha value is -3.21. The second-order valence-electron chi connectivity index (χ2n) is 8.99. The fraction of sp³-hybridized carbons (Fsp3) is 0.320. The first-order valence-electron chi connectivity index (χ1n) is 10.6. The molecule has 0 spiro atoms. The van der Waals surface area contributed by atoms with Crippen molar-refractivity contribution in [2.45, 2.75) is 13.3 Å². The minimum atomic E-state index is -0.259. The molecular weight excluding hydrogens is 376 g/mol. The highest BCUT2D eigenvalue weighted by Crippen LogP contribution is 2.65. The maximum absolute atomic E-state index is 13.3. The number of carbonyl (C=O) groups is 3. The molecule has 2 saturated carbocycles. The first-order chi connectivity index (χ1) is 14.5. The Kier molecular flexibility index (Phi) is 3.61. The molecule has 1 saturated heterocycles. The molecule has 2 bridgehead atoms. The van der Waals surface area contributed by atoms with Gasteiger partial charge < -0.3 is 5.32 Å². The van der Waals surface area contributed by atoms with Gasteiger partial charge in [0, 0.05) is 11.3 Å². The molecule has 7 rings (SSSR count). The van der Waals surface area contributed by atoms with Gasteiger partial charge in [0.1, 0.15) is 0 Å². The number of amides is 3. The summed E-state index contributed by atoms with van der Waals surface area (Å²) in [6.07, 6.45) is 5.48. The Morgan fingerprint density at radius 2 is 1.60 bits per heavy atom. The largest absolute Gasteiger partial charge is 0.322 e. The summed E-state index contributed by atoms with van der Waals surface area (Å²) in [5.74, 6) is 0.593. The number of allylic oxidation sites excluding steroid dienone is 2. The van der Waals surface area contributed by atoms with E-state index in [0.717, 1.165) is 17.7 Å². The van der Waals surface area contributed by atoms with Gasteiger partial charge in [0.15, 0.2) is 0 Å². The zero-order chi connectivity index (χ0) is 20.6. The van der Waals surface area contributed by atoms with Crippen molar-refractivity contribution in [3.8, 4) is 0 Å². The summed E-state index contributed by atoms with van der Waals surface area (Å²) in [6, 6.07) is 14.4. The van der Waals surface area contributed by atoms with Crippen LogP contribution >= 0.6 is 0 Å². The Bertz CT molecular complexity index is 1100. The molecule has 5 nitrogen and oxygen atoms in total. The third kappa shape index (κ3) is 2.38. The van der Waals surface area contributed by atoms with Crippen LogP contribution in [0.1, 0.15) is 22.3 Å². The van der Waals surface area contributed by atoms with E-state index in [4.69, 9.17) is 0 Å². The normalized spacial score (nSPS) is 32.8. The lowest BCUT2D eigenvalue weighted by atomic mass is 9.63. The Morgan fingerprint density at radius 1 is 0.933 bits per heavy atom. The second-order valence-corrected chi connectivity index (χ2v) is 8.99. The van der Waals surface area contributed by atoms with Gasteiger partial charge in [0.2, 0.25) is 11.8 Å². The first-order valence-corrected chi connectivity index (χ1v) is 10.6. The molecule has 1 heterocycles. The van der Waals surface area contributed by atoms with Crippen molar-refractivity contribution >= 4 is 29.1 Å². The van der Waals surface area contributed by atoms with E-state index in [2.05, 4.69) is 17.5 Å². The molecule has 30 heavy (non-hydrogen) atoms. The molecule has 0 radical (unpaired) electrons. The fourth-order valence-electron chi connectivity index (χ4n) is 5.91. The molecule has 3 amide bonds. The highest BCUT2D eigenvalue weighted by Gasteiger charge is 2.67. The summed E-state index contributed by atoms with van der Waals surface area (Å²) in [7, 11) is 0. The Labute approximate surface area is 174 Å². The van der Waals surface area contributed by atoms with Crippen LogP contribution in [0, 0.1) is 42.4 Å². The number of nitrogens with one attached hydrogen (secondary N) is 1. The van der Waals surface area contributed by atoms with Crippen molar-refractivity contribution in [3.05, 3.63) is 71.8 Å². The number of benzene rings is 2. The van der Waals surface area contributed by atoms with Gasteiger partial charge in [-0.25, -0.2) is 4.90 Å². The summed E-state index contributed by atoms with van der Waals surface area (Å²) in [5.41, 5.74) is 2.63. The fourth-order valence-corrected chi connectivity index (χ4v) is 5.91. The van der Waals surface area contributed by atoms with E-state index in [1.54, 1.807) is 24.3 Å². The third-order valence-electron chi connectivity index (χ3n) is 7.42. The Morgan fingerprint density at radius 3 is 2.27 bits per heavy atom. The number of imide groups is 1. The van der Waals surface area contributed by atoms with E-state index in [-0.39, 0.29) is 41.4 Å². The maximum Gasteiger partial charge on any atom is 0.255 e.